The summed E-state index contributed by atoms with van der Waals surface area (Å²) in [6.45, 7) is -0.524. The molecule has 2 fully saturated rings. The number of carbonyl (C=O) groups is 4. The number of anilines is 2. The summed E-state index contributed by atoms with van der Waals surface area (Å²) >= 11 is 0. The van der Waals surface area contributed by atoms with E-state index < -0.39 is 18.5 Å². The third kappa shape index (κ3) is 4.59. The number of esters is 1. The number of hydrogen-bond donors (Lipinski definition) is 1. The molecule has 34 heavy (non-hydrogen) atoms. The van der Waals surface area contributed by atoms with Crippen molar-refractivity contribution >= 4 is 35.1 Å². The Hall–Kier alpha value is -3.88. The summed E-state index contributed by atoms with van der Waals surface area (Å²) in [7, 11) is 2.98. The average Bonchev–Trinajstić information content (AvgIpc) is 3.12. The number of carbonyl (C=O) groups excluding carboxylic acids is 4. The largest absolute Gasteiger partial charge is 0.497 e. The Morgan fingerprint density at radius 1 is 0.971 bits per heavy atom. The Morgan fingerprint density at radius 3 is 2.32 bits per heavy atom. The molecule has 0 spiro atoms. The maximum Gasteiger partial charge on any atom is 0.338 e. The van der Waals surface area contributed by atoms with Gasteiger partial charge in [-0.15, -0.1) is 0 Å². The monoisotopic (exact) mass is 466 g/mol. The van der Waals surface area contributed by atoms with Crippen LogP contribution in [0, 0.1) is 11.8 Å². The second-order valence-corrected chi connectivity index (χ2v) is 8.25. The summed E-state index contributed by atoms with van der Waals surface area (Å²) in [4.78, 5) is 51.7. The van der Waals surface area contributed by atoms with E-state index in [0.29, 0.717) is 35.7 Å². The van der Waals surface area contributed by atoms with Gasteiger partial charge in [-0.2, -0.15) is 0 Å². The van der Waals surface area contributed by atoms with Crippen LogP contribution in [0.15, 0.2) is 42.5 Å². The van der Waals surface area contributed by atoms with Gasteiger partial charge in [0.2, 0.25) is 11.8 Å². The number of amides is 3. The zero-order chi connectivity index (χ0) is 24.2. The number of nitrogens with one attached hydrogen (secondary N) is 1. The molecule has 0 aromatic heterocycles. The summed E-state index contributed by atoms with van der Waals surface area (Å²) in [5, 5.41) is 2.62. The summed E-state index contributed by atoms with van der Waals surface area (Å²) in [6.07, 6.45) is 3.29. The first-order valence-corrected chi connectivity index (χ1v) is 11.1. The van der Waals surface area contributed by atoms with Crippen molar-refractivity contribution in [3.05, 3.63) is 48.0 Å². The predicted octanol–water partition coefficient (Wildman–Crippen LogP) is 3.18. The highest BCUT2D eigenvalue weighted by Gasteiger charge is 2.48. The van der Waals surface area contributed by atoms with Crippen LogP contribution in [0.3, 0.4) is 0 Å². The number of ether oxygens (including phenoxy) is 3. The van der Waals surface area contributed by atoms with Gasteiger partial charge < -0.3 is 19.5 Å². The summed E-state index contributed by atoms with van der Waals surface area (Å²) < 4.78 is 15.5. The summed E-state index contributed by atoms with van der Waals surface area (Å²) in [5.41, 5.74) is 0.882. The lowest BCUT2D eigenvalue weighted by molar-refractivity contribution is -0.122. The number of fused-ring (bicyclic) bond motifs is 1. The van der Waals surface area contributed by atoms with Gasteiger partial charge in [0, 0.05) is 6.07 Å². The molecule has 0 unspecified atom stereocenters. The number of nitrogens with zero attached hydrogens (tertiary/aromatic N) is 1. The van der Waals surface area contributed by atoms with E-state index in [2.05, 4.69) is 5.32 Å². The first-order chi connectivity index (χ1) is 16.4. The van der Waals surface area contributed by atoms with Crippen LogP contribution in [0.4, 0.5) is 11.4 Å². The van der Waals surface area contributed by atoms with Crippen LogP contribution in [0.2, 0.25) is 0 Å². The molecule has 1 heterocycles. The van der Waals surface area contributed by atoms with Crippen LogP contribution in [0.25, 0.3) is 0 Å². The number of benzene rings is 2. The Labute approximate surface area is 197 Å². The van der Waals surface area contributed by atoms with Gasteiger partial charge in [-0.3, -0.25) is 19.3 Å². The standard InChI is InChI=1S/C25H26N2O7/c1-32-17-10-11-20(21(13-17)33-2)26-22(28)14-34-25(31)15-6-5-7-16(12-15)27-23(29)18-8-3-4-9-19(18)24(27)30/h5-7,10-13,18-19H,3-4,8-9,14H2,1-2H3,(H,26,28)/t18-,19+. The molecule has 1 aliphatic heterocycles. The third-order valence-corrected chi connectivity index (χ3v) is 6.20. The lowest BCUT2D eigenvalue weighted by atomic mass is 9.81. The minimum Gasteiger partial charge on any atom is -0.497 e. The molecular weight excluding hydrogens is 440 g/mol. The molecule has 2 aliphatic rings. The van der Waals surface area contributed by atoms with E-state index in [-0.39, 0.29) is 29.2 Å². The normalized spacial score (nSPS) is 19.4. The van der Waals surface area contributed by atoms with Crippen molar-refractivity contribution in [1.29, 1.82) is 0 Å². The van der Waals surface area contributed by atoms with Crippen molar-refractivity contribution in [1.82, 2.24) is 0 Å². The fraction of sp³-hybridized carbons (Fsp3) is 0.360. The van der Waals surface area contributed by atoms with Gasteiger partial charge in [-0.25, -0.2) is 4.79 Å². The number of hydrogen-bond acceptors (Lipinski definition) is 7. The lowest BCUT2D eigenvalue weighted by Gasteiger charge is -2.19. The van der Waals surface area contributed by atoms with Gasteiger partial charge in [-0.05, 0) is 43.2 Å². The molecule has 0 radical (unpaired) electrons. The molecule has 3 amide bonds. The minimum absolute atomic E-state index is 0.141. The summed E-state index contributed by atoms with van der Waals surface area (Å²) in [6, 6.07) is 11.0. The topological polar surface area (TPSA) is 111 Å². The quantitative estimate of drug-likeness (QED) is 0.493. The van der Waals surface area contributed by atoms with Crippen molar-refractivity contribution in [2.75, 3.05) is 31.0 Å². The Bertz CT molecular complexity index is 1110. The van der Waals surface area contributed by atoms with Crippen molar-refractivity contribution < 1.29 is 33.4 Å². The van der Waals surface area contributed by atoms with E-state index in [1.807, 2.05) is 0 Å². The predicted molar refractivity (Wildman–Crippen MR) is 123 cm³/mol. The van der Waals surface area contributed by atoms with Gasteiger partial charge in [-0.1, -0.05) is 18.9 Å². The number of imide groups is 1. The molecule has 2 aromatic rings. The van der Waals surface area contributed by atoms with E-state index in [0.717, 1.165) is 12.8 Å². The van der Waals surface area contributed by atoms with Crippen LogP contribution in [0.1, 0.15) is 36.0 Å². The highest BCUT2D eigenvalue weighted by molar-refractivity contribution is 6.22. The van der Waals surface area contributed by atoms with Gasteiger partial charge in [0.25, 0.3) is 5.91 Å². The zero-order valence-electron chi connectivity index (χ0n) is 19.0. The zero-order valence-corrected chi connectivity index (χ0v) is 19.0. The Kier molecular flexibility index (Phi) is 6.81. The van der Waals surface area contributed by atoms with E-state index in [4.69, 9.17) is 14.2 Å². The van der Waals surface area contributed by atoms with E-state index in [1.165, 1.54) is 31.3 Å². The van der Waals surface area contributed by atoms with Crippen LogP contribution in [-0.2, 0) is 19.1 Å². The summed E-state index contributed by atoms with van der Waals surface area (Å²) in [5.74, 6) is -1.33. The first-order valence-electron chi connectivity index (χ1n) is 11.1. The fourth-order valence-electron chi connectivity index (χ4n) is 4.49. The third-order valence-electron chi connectivity index (χ3n) is 6.20. The smallest absolute Gasteiger partial charge is 0.338 e. The van der Waals surface area contributed by atoms with Crippen molar-refractivity contribution in [3.63, 3.8) is 0 Å². The molecule has 9 nitrogen and oxygen atoms in total. The van der Waals surface area contributed by atoms with Gasteiger partial charge in [0.1, 0.15) is 11.5 Å². The molecule has 1 N–H and O–H groups in total. The van der Waals surface area contributed by atoms with E-state index in [9.17, 15) is 19.2 Å². The molecule has 2 atom stereocenters. The van der Waals surface area contributed by atoms with Gasteiger partial charge in [0.05, 0.1) is 43.0 Å². The average molecular weight is 466 g/mol. The second-order valence-electron chi connectivity index (χ2n) is 8.25. The van der Waals surface area contributed by atoms with Crippen LogP contribution >= 0.6 is 0 Å². The van der Waals surface area contributed by atoms with Crippen molar-refractivity contribution in [3.8, 4) is 11.5 Å². The fourth-order valence-corrected chi connectivity index (χ4v) is 4.49. The van der Waals surface area contributed by atoms with Crippen LogP contribution < -0.4 is 19.7 Å². The van der Waals surface area contributed by atoms with Crippen molar-refractivity contribution in [2.24, 2.45) is 11.8 Å². The van der Waals surface area contributed by atoms with E-state index in [1.54, 1.807) is 30.3 Å². The molecule has 178 valence electrons. The van der Waals surface area contributed by atoms with E-state index >= 15 is 0 Å². The molecule has 1 saturated heterocycles. The molecule has 4 rings (SSSR count). The number of rotatable bonds is 7. The maximum atomic E-state index is 12.8. The highest BCUT2D eigenvalue weighted by Crippen LogP contribution is 2.40. The van der Waals surface area contributed by atoms with Crippen LogP contribution in [0.5, 0.6) is 11.5 Å². The molecule has 1 saturated carbocycles. The molecule has 9 heteroatoms. The van der Waals surface area contributed by atoms with Crippen LogP contribution in [-0.4, -0.2) is 44.5 Å². The first kappa shape index (κ1) is 23.3. The highest BCUT2D eigenvalue weighted by atomic mass is 16.5. The lowest BCUT2D eigenvalue weighted by Crippen LogP contribution is -2.31. The van der Waals surface area contributed by atoms with Crippen molar-refractivity contribution in [2.45, 2.75) is 25.7 Å². The Morgan fingerprint density at radius 2 is 1.68 bits per heavy atom. The molecule has 1 aliphatic carbocycles. The molecule has 2 aromatic carbocycles. The number of methoxy groups -OCH3 is 2. The molecule has 0 bridgehead atoms. The maximum absolute atomic E-state index is 12.8. The second kappa shape index (κ2) is 9.94. The molecular formula is C25H26N2O7. The minimum atomic E-state index is -0.741. The van der Waals surface area contributed by atoms with Gasteiger partial charge >= 0.3 is 5.97 Å². The Balaban J connectivity index is 1.40. The SMILES string of the molecule is COc1ccc(NC(=O)COC(=O)c2cccc(N3C(=O)[C@H]4CCCC[C@H]4C3=O)c2)c(OC)c1. The van der Waals surface area contributed by atoms with Gasteiger partial charge in [0.15, 0.2) is 6.61 Å².